The number of nitrogens with two attached hydrogens (primary N) is 1. The van der Waals surface area contributed by atoms with Gasteiger partial charge in [0.2, 0.25) is 0 Å². The number of benzene rings is 1. The number of phenols is 1. The summed E-state index contributed by atoms with van der Waals surface area (Å²) in [4.78, 5) is 0. The zero-order valence-corrected chi connectivity index (χ0v) is 9.63. The molecule has 2 rings (SSSR count). The number of anilines is 1. The van der Waals surface area contributed by atoms with Gasteiger partial charge >= 0.3 is 0 Å². The third-order valence-electron chi connectivity index (χ3n) is 3.02. The Hall–Kier alpha value is -1.97. The Morgan fingerprint density at radius 1 is 1.19 bits per heavy atom. The Balaban J connectivity index is 2.72. The topological polar surface area (TPSA) is 74.9 Å². The van der Waals surface area contributed by atoms with E-state index in [9.17, 15) is 5.11 Å². The van der Waals surface area contributed by atoms with Crippen LogP contribution in [-0.4, -0.2) is 15.3 Å². The van der Waals surface area contributed by atoms with E-state index < -0.39 is 0 Å². The van der Waals surface area contributed by atoms with Crippen molar-refractivity contribution in [1.82, 2.24) is 10.2 Å². The van der Waals surface area contributed by atoms with Crippen LogP contribution >= 0.6 is 0 Å². The third kappa shape index (κ3) is 1.43. The van der Waals surface area contributed by atoms with Crippen LogP contribution in [-0.2, 0) is 0 Å². The van der Waals surface area contributed by atoms with Gasteiger partial charge < -0.3 is 10.8 Å². The molecule has 0 saturated heterocycles. The van der Waals surface area contributed by atoms with Crippen LogP contribution in [0.25, 0.3) is 11.1 Å². The minimum atomic E-state index is 0.350. The lowest BCUT2D eigenvalue weighted by Gasteiger charge is -2.12. The van der Waals surface area contributed by atoms with Crippen LogP contribution in [0.3, 0.4) is 0 Å². The summed E-state index contributed by atoms with van der Waals surface area (Å²) in [7, 11) is 0. The summed E-state index contributed by atoms with van der Waals surface area (Å²) < 4.78 is 0. The van der Waals surface area contributed by atoms with Crippen LogP contribution in [0, 0.1) is 20.8 Å². The summed E-state index contributed by atoms with van der Waals surface area (Å²) in [5.41, 5.74) is 10.4. The summed E-state index contributed by atoms with van der Waals surface area (Å²) in [5.74, 6) is 0.899. The number of H-pyrrole nitrogens is 1. The molecule has 1 aromatic heterocycles. The molecule has 0 radical (unpaired) electrons. The predicted molar refractivity (Wildman–Crippen MR) is 64.3 cm³/mol. The zero-order chi connectivity index (χ0) is 11.9. The zero-order valence-electron chi connectivity index (χ0n) is 9.63. The maximum atomic E-state index is 9.82. The number of aromatic amines is 1. The Kier molecular flexibility index (Phi) is 2.34. The highest BCUT2D eigenvalue weighted by Gasteiger charge is 2.13. The number of aromatic hydroxyl groups is 1. The SMILES string of the molecule is Cc1cc(-c2cn[nH]c2N)c(C)c(C)c1O. The second-order valence-electron chi connectivity index (χ2n) is 4.04. The van der Waals surface area contributed by atoms with Gasteiger partial charge in [-0.1, -0.05) is 0 Å². The standard InChI is InChI=1S/C12H15N3O/c1-6-4-9(7(2)8(3)11(6)16)10-5-14-15-12(10)13/h4-5,16H,1-3H3,(H3,13,14,15). The molecule has 1 heterocycles. The number of hydrogen-bond acceptors (Lipinski definition) is 3. The number of nitrogen functional groups attached to an aromatic ring is 1. The molecule has 16 heavy (non-hydrogen) atoms. The molecule has 2 aromatic rings. The van der Waals surface area contributed by atoms with E-state index in [4.69, 9.17) is 5.73 Å². The highest BCUT2D eigenvalue weighted by Crippen LogP contribution is 2.34. The van der Waals surface area contributed by atoms with Crippen LogP contribution in [0.5, 0.6) is 5.75 Å². The summed E-state index contributed by atoms with van der Waals surface area (Å²) in [5, 5.41) is 16.4. The molecule has 0 spiro atoms. The monoisotopic (exact) mass is 217 g/mol. The van der Waals surface area contributed by atoms with Crippen molar-refractivity contribution in [1.29, 1.82) is 0 Å². The van der Waals surface area contributed by atoms with E-state index in [0.717, 1.165) is 27.8 Å². The van der Waals surface area contributed by atoms with Gasteiger partial charge in [0.05, 0.1) is 6.20 Å². The number of hydrogen-bond donors (Lipinski definition) is 3. The molecule has 4 heteroatoms. The van der Waals surface area contributed by atoms with Gasteiger partial charge in [0.1, 0.15) is 11.6 Å². The number of rotatable bonds is 1. The van der Waals surface area contributed by atoms with Crippen molar-refractivity contribution in [3.05, 3.63) is 29.0 Å². The Bertz CT molecular complexity index is 543. The third-order valence-corrected chi connectivity index (χ3v) is 3.02. The fourth-order valence-corrected chi connectivity index (χ4v) is 1.86. The van der Waals surface area contributed by atoms with Crippen molar-refractivity contribution in [2.45, 2.75) is 20.8 Å². The lowest BCUT2D eigenvalue weighted by atomic mass is 9.95. The van der Waals surface area contributed by atoms with Crippen molar-refractivity contribution < 1.29 is 5.11 Å². The van der Waals surface area contributed by atoms with Crippen LogP contribution in [0.15, 0.2) is 12.3 Å². The molecule has 0 bridgehead atoms. The van der Waals surface area contributed by atoms with Crippen molar-refractivity contribution in [2.24, 2.45) is 0 Å². The van der Waals surface area contributed by atoms with Crippen molar-refractivity contribution in [3.63, 3.8) is 0 Å². The molecule has 4 nitrogen and oxygen atoms in total. The Morgan fingerprint density at radius 3 is 2.44 bits per heavy atom. The normalized spacial score (nSPS) is 10.7. The van der Waals surface area contributed by atoms with Gasteiger partial charge in [-0.05, 0) is 49.1 Å². The molecule has 0 aliphatic rings. The first kappa shape index (κ1) is 10.5. The van der Waals surface area contributed by atoms with E-state index in [1.807, 2.05) is 26.8 Å². The van der Waals surface area contributed by atoms with E-state index in [1.54, 1.807) is 6.20 Å². The van der Waals surface area contributed by atoms with Crippen molar-refractivity contribution in [3.8, 4) is 16.9 Å². The molecule has 84 valence electrons. The van der Waals surface area contributed by atoms with Gasteiger partial charge in [0.25, 0.3) is 0 Å². The molecular weight excluding hydrogens is 202 g/mol. The van der Waals surface area contributed by atoms with Gasteiger partial charge in [-0.2, -0.15) is 5.10 Å². The number of phenolic OH excluding ortho intramolecular Hbond substituents is 1. The Labute approximate surface area is 94.1 Å². The van der Waals surface area contributed by atoms with Gasteiger partial charge in [-0.25, -0.2) is 0 Å². The molecule has 0 aliphatic heterocycles. The van der Waals surface area contributed by atoms with E-state index in [1.165, 1.54) is 0 Å². The van der Waals surface area contributed by atoms with Gasteiger partial charge in [-0.3, -0.25) is 5.10 Å². The molecule has 0 amide bonds. The number of aryl methyl sites for hydroxylation is 1. The first-order chi connectivity index (χ1) is 7.52. The largest absolute Gasteiger partial charge is 0.507 e. The first-order valence-corrected chi connectivity index (χ1v) is 5.11. The molecule has 1 aromatic carbocycles. The maximum Gasteiger partial charge on any atom is 0.126 e. The van der Waals surface area contributed by atoms with Crippen LogP contribution in [0.1, 0.15) is 16.7 Å². The van der Waals surface area contributed by atoms with Gasteiger partial charge in [-0.15, -0.1) is 0 Å². The quantitative estimate of drug-likeness (QED) is 0.686. The van der Waals surface area contributed by atoms with Crippen LogP contribution in [0.4, 0.5) is 5.82 Å². The smallest absolute Gasteiger partial charge is 0.126 e. The van der Waals surface area contributed by atoms with E-state index in [0.29, 0.717) is 11.6 Å². The summed E-state index contributed by atoms with van der Waals surface area (Å²) in [6.45, 7) is 5.75. The van der Waals surface area contributed by atoms with E-state index >= 15 is 0 Å². The molecule has 0 unspecified atom stereocenters. The highest BCUT2D eigenvalue weighted by atomic mass is 16.3. The molecule has 4 N–H and O–H groups in total. The summed E-state index contributed by atoms with van der Waals surface area (Å²) in [6, 6.07) is 1.93. The summed E-state index contributed by atoms with van der Waals surface area (Å²) in [6.07, 6.45) is 1.70. The van der Waals surface area contributed by atoms with E-state index in [-0.39, 0.29) is 0 Å². The molecule has 0 atom stereocenters. The highest BCUT2D eigenvalue weighted by molar-refractivity contribution is 5.78. The minimum absolute atomic E-state index is 0.350. The lowest BCUT2D eigenvalue weighted by Crippen LogP contribution is -1.93. The first-order valence-electron chi connectivity index (χ1n) is 5.11. The summed E-state index contributed by atoms with van der Waals surface area (Å²) >= 11 is 0. The van der Waals surface area contributed by atoms with Gasteiger partial charge in [0.15, 0.2) is 0 Å². The maximum absolute atomic E-state index is 9.82. The number of nitrogens with zero attached hydrogens (tertiary/aromatic N) is 1. The average Bonchev–Trinajstić information content (AvgIpc) is 2.67. The Morgan fingerprint density at radius 2 is 1.88 bits per heavy atom. The lowest BCUT2D eigenvalue weighted by molar-refractivity contribution is 0.466. The average molecular weight is 217 g/mol. The van der Waals surface area contributed by atoms with Crippen molar-refractivity contribution in [2.75, 3.05) is 5.73 Å². The predicted octanol–water partition coefficient (Wildman–Crippen LogP) is 2.29. The van der Waals surface area contributed by atoms with E-state index in [2.05, 4.69) is 10.2 Å². The molecule has 0 saturated carbocycles. The van der Waals surface area contributed by atoms with Crippen LogP contribution in [0.2, 0.25) is 0 Å². The molecule has 0 fully saturated rings. The van der Waals surface area contributed by atoms with Gasteiger partial charge in [0, 0.05) is 5.56 Å². The van der Waals surface area contributed by atoms with Crippen molar-refractivity contribution >= 4 is 5.82 Å². The van der Waals surface area contributed by atoms with Crippen LogP contribution < -0.4 is 5.73 Å². The number of nitrogens with one attached hydrogen (secondary N) is 1. The molecule has 0 aliphatic carbocycles. The second-order valence-corrected chi connectivity index (χ2v) is 4.04. The second kappa shape index (κ2) is 3.56. The minimum Gasteiger partial charge on any atom is -0.507 e. The molecular formula is C12H15N3O. The fraction of sp³-hybridized carbons (Fsp3) is 0.250. The fourth-order valence-electron chi connectivity index (χ4n) is 1.86. The number of aromatic nitrogens is 2.